The fraction of sp³-hybridized carbons (Fsp3) is 0.676. The number of carbonyl (C=O) groups excluding carboxylic acids is 7. The largest absolute Gasteiger partial charge is 0.445 e. The van der Waals surface area contributed by atoms with Gasteiger partial charge in [-0.15, -0.1) is 0 Å². The Kier molecular flexibility index (Phi) is 42.1. The molecule has 4 aromatic rings. The zero-order chi connectivity index (χ0) is 99.9. The van der Waals surface area contributed by atoms with Gasteiger partial charge >= 0.3 is 18.3 Å². The first-order valence-electron chi connectivity index (χ1n) is 49.6. The molecule has 10 atom stereocenters. The number of alkyl carbamates (subject to hydrolysis) is 3. The Morgan fingerprint density at radius 1 is 0.425 bits per heavy atom. The standard InChI is InChI=1S/C31H45N2O3P.C27H42N2O4.C26H41N3O4.C24H45N3O4/c1-24(2)20-26(32-37(36,28-16-9-7-10-17-28)29-18-11-8-12-19-29)14-13-15-27(34)21-25-22-30(3,4)33(35)31(5,6)23-25;1-20(2)15-23(28-25(31)33-19-21-11-8-7-9-12-21)13-10-14-24(30)16-22-17-26(3,4)29(32)27(5,6)18-22;1-17(2)11-23(28-25(31)33-16-19-9-7-6-8-10-19)22-13-20(22)14-24(30)27-21-12-18(3)29(32)26(4,5)15-21;1-15(2)10-19(26-21(29)31-22(3,4)5)18-11-16(18)12-20(28)25-17-13-23(6,7)27(30)24(8,9)14-17/h7-14,16-19,24-26,35H,15,20-23H2,1-6H3,(H,32,36);7-13,20,22-23,32H,14-19H2,1-6H3,(H,28,31);6-10,17-18,20-23,32H,11-16H2,1-5H3,(H,27,30)(H,28,31);15-19,30H,10-14H2,1-9H3,(H,25,28)(H,26,29)/b14-13-;13-10-;;. The third-order valence-electron chi connectivity index (χ3n) is 26.8. The van der Waals surface area contributed by atoms with Gasteiger partial charge in [0.05, 0.1) is 6.04 Å². The van der Waals surface area contributed by atoms with Crippen LogP contribution >= 0.6 is 7.29 Å². The van der Waals surface area contributed by atoms with E-state index in [0.717, 1.165) is 98.8 Å². The van der Waals surface area contributed by atoms with Gasteiger partial charge in [0.2, 0.25) is 19.1 Å². The van der Waals surface area contributed by atoms with Crippen molar-refractivity contribution in [2.75, 3.05) is 0 Å². The predicted molar refractivity (Wildman–Crippen MR) is 534 cm³/mol. The highest BCUT2D eigenvalue weighted by Crippen LogP contribution is 2.49. The molecule has 4 heterocycles. The molecular weight excluding hydrogens is 1710 g/mol. The minimum Gasteiger partial charge on any atom is -0.445 e. The van der Waals surface area contributed by atoms with Crippen LogP contribution < -0.4 is 42.3 Å². The van der Waals surface area contributed by atoms with Gasteiger partial charge in [-0.05, 0) is 309 Å². The van der Waals surface area contributed by atoms with Crippen molar-refractivity contribution in [2.45, 2.75) is 408 Å². The van der Waals surface area contributed by atoms with Crippen LogP contribution in [-0.2, 0) is 51.2 Å². The maximum absolute atomic E-state index is 14.5. The van der Waals surface area contributed by atoms with Gasteiger partial charge in [0.15, 0.2) is 0 Å². The molecule has 750 valence electrons. The molecule has 134 heavy (non-hydrogen) atoms. The van der Waals surface area contributed by atoms with Crippen LogP contribution in [0.2, 0.25) is 0 Å². The number of amides is 5. The van der Waals surface area contributed by atoms with Crippen LogP contribution in [0.5, 0.6) is 0 Å². The van der Waals surface area contributed by atoms with E-state index in [9.17, 15) is 59.0 Å². The van der Waals surface area contributed by atoms with Gasteiger partial charge in [-0.1, -0.05) is 177 Å². The Labute approximate surface area is 804 Å². The lowest BCUT2D eigenvalue weighted by atomic mass is 9.73. The molecule has 0 spiro atoms. The molecule has 4 saturated heterocycles. The molecule has 10 N–H and O–H groups in total. The van der Waals surface area contributed by atoms with E-state index in [1.807, 2.05) is 270 Å². The van der Waals surface area contributed by atoms with Gasteiger partial charge in [0, 0.05) is 124 Å². The molecule has 0 radical (unpaired) electrons. The minimum atomic E-state index is -3.08. The molecule has 4 aromatic carbocycles. The maximum Gasteiger partial charge on any atom is 0.407 e. The number of rotatable bonds is 37. The third kappa shape index (κ3) is 37.2. The summed E-state index contributed by atoms with van der Waals surface area (Å²) >= 11 is 0. The van der Waals surface area contributed by atoms with Crippen LogP contribution in [0.3, 0.4) is 0 Å². The summed E-state index contributed by atoms with van der Waals surface area (Å²) in [5.41, 5.74) is -1.18. The third-order valence-corrected chi connectivity index (χ3v) is 29.5. The summed E-state index contributed by atoms with van der Waals surface area (Å²) in [7, 11) is -3.08. The molecule has 25 nitrogen and oxygen atoms in total. The average Bonchev–Trinajstić information content (AvgIpc) is 1.28. The number of hydrogen-bond donors (Lipinski definition) is 10. The molecule has 4 aliphatic heterocycles. The Balaban J connectivity index is 0.000000244. The van der Waals surface area contributed by atoms with Gasteiger partial charge in [0.25, 0.3) is 0 Å². The molecule has 5 amide bonds. The summed E-state index contributed by atoms with van der Waals surface area (Å²) < 4.78 is 30.7. The monoisotopic (exact) mass is 1880 g/mol. The first-order chi connectivity index (χ1) is 62.3. The SMILES string of the molecule is CC(C)CC(/C=C\CC(=O)CC1CC(C)(C)N(O)C(C)(C)C1)NC(=O)OCc1ccccc1.CC(C)CC(/C=C\CC(=O)CC1CC(C)(C)N(O)C(C)(C)C1)NP(=O)(c1ccccc1)c1ccccc1.CC(C)CC(NC(=O)OC(C)(C)C)C1CC1CC(=O)NC1CC(C)(C)N(O)C(C)(C)C1.CC(C)CC(NC(=O)OCc1ccccc1)C1CC1CC(=O)NC1CC(C)N(O)C(C)(C)C1. The summed E-state index contributed by atoms with van der Waals surface area (Å²) in [6.45, 7) is 53.3. The second-order valence-corrected chi connectivity index (χ2v) is 49.1. The summed E-state index contributed by atoms with van der Waals surface area (Å²) in [4.78, 5) is 88.1. The number of ether oxygens (including phenoxy) is 3. The van der Waals surface area contributed by atoms with Crippen molar-refractivity contribution in [2.24, 2.45) is 59.2 Å². The Morgan fingerprint density at radius 2 is 0.754 bits per heavy atom. The van der Waals surface area contributed by atoms with E-state index in [-0.39, 0.29) is 147 Å². The van der Waals surface area contributed by atoms with Crippen LogP contribution in [0.4, 0.5) is 14.4 Å². The lowest BCUT2D eigenvalue weighted by Gasteiger charge is -2.51. The molecule has 0 aromatic heterocycles. The summed E-state index contributed by atoms with van der Waals surface area (Å²) in [5.74, 6) is 3.87. The zero-order valence-corrected chi connectivity index (χ0v) is 87.1. The molecule has 10 rings (SSSR count). The van der Waals surface area contributed by atoms with E-state index >= 15 is 0 Å². The second kappa shape index (κ2) is 49.7. The van der Waals surface area contributed by atoms with Crippen molar-refractivity contribution >= 4 is 59.6 Å². The number of piperidine rings is 4. The summed E-state index contributed by atoms with van der Waals surface area (Å²) in [5, 5.41) is 67.9. The van der Waals surface area contributed by atoms with Gasteiger partial charge < -0.3 is 61.6 Å². The van der Waals surface area contributed by atoms with Gasteiger partial charge in [-0.25, -0.2) is 14.4 Å². The maximum atomic E-state index is 14.5. The Hall–Kier alpha value is -7.68. The van der Waals surface area contributed by atoms with Gasteiger partial charge in [-0.2, -0.15) is 20.3 Å². The fourth-order valence-corrected chi connectivity index (χ4v) is 23.8. The highest BCUT2D eigenvalue weighted by molar-refractivity contribution is 7.77. The number of nitrogens with zero attached hydrogens (tertiary/aromatic N) is 4. The Bertz CT molecular complexity index is 4360. The molecular formula is C108H173N10O15P. The Morgan fingerprint density at radius 3 is 1.12 bits per heavy atom. The van der Waals surface area contributed by atoms with Crippen molar-refractivity contribution in [1.29, 1.82) is 0 Å². The first kappa shape index (κ1) is 113. The second-order valence-electron chi connectivity index (χ2n) is 46.6. The molecule has 10 unspecified atom stereocenters. The zero-order valence-electron chi connectivity index (χ0n) is 86.2. The molecule has 2 saturated carbocycles. The predicted octanol–water partition coefficient (Wildman–Crippen LogP) is 21.3. The van der Waals surface area contributed by atoms with Crippen LogP contribution in [0.25, 0.3) is 0 Å². The lowest BCUT2D eigenvalue weighted by molar-refractivity contribution is -0.251. The highest BCUT2D eigenvalue weighted by atomic mass is 31.2. The normalized spacial score (nSPS) is 23.2. The molecule has 2 aliphatic carbocycles. The van der Waals surface area contributed by atoms with E-state index < -0.39 is 25.1 Å². The molecule has 6 aliphatic rings. The van der Waals surface area contributed by atoms with Gasteiger partial charge in [0.1, 0.15) is 30.4 Å². The van der Waals surface area contributed by atoms with Crippen LogP contribution in [0.1, 0.15) is 320 Å². The van der Waals surface area contributed by atoms with E-state index in [4.69, 9.17) is 14.2 Å². The van der Waals surface area contributed by atoms with Crippen molar-refractivity contribution in [3.05, 3.63) is 157 Å². The number of ketones is 2. The van der Waals surface area contributed by atoms with Crippen LogP contribution in [-0.4, -0.2) is 169 Å². The molecule has 0 bridgehead atoms. The molecule has 6 fully saturated rings. The van der Waals surface area contributed by atoms with Crippen LogP contribution in [0, 0.1) is 59.2 Å². The van der Waals surface area contributed by atoms with E-state index in [2.05, 4.69) is 87.1 Å². The lowest BCUT2D eigenvalue weighted by Crippen LogP contribution is -2.62. The number of Topliss-reactive ketones (excluding diaryl/α,β-unsaturated/α-hetero) is 2. The highest BCUT2D eigenvalue weighted by Gasteiger charge is 2.51. The van der Waals surface area contributed by atoms with E-state index in [1.54, 1.807) is 0 Å². The summed E-state index contributed by atoms with van der Waals surface area (Å²) in [6, 6.07) is 38.3. The molecule has 26 heteroatoms. The number of allylic oxidation sites excluding steroid dienone is 2. The quantitative estimate of drug-likeness (QED) is 0.0114. The summed E-state index contributed by atoms with van der Waals surface area (Å²) in [6.07, 6.45) is 20.4. The van der Waals surface area contributed by atoms with Crippen molar-refractivity contribution in [3.63, 3.8) is 0 Å². The number of benzene rings is 4. The van der Waals surface area contributed by atoms with Crippen LogP contribution in [0.15, 0.2) is 146 Å². The minimum absolute atomic E-state index is 0.00856. The smallest absolute Gasteiger partial charge is 0.407 e. The fourth-order valence-electron chi connectivity index (χ4n) is 21.4. The van der Waals surface area contributed by atoms with Crippen molar-refractivity contribution in [1.82, 2.24) is 51.9 Å². The van der Waals surface area contributed by atoms with E-state index in [0.29, 0.717) is 86.9 Å². The number of carbonyl (C=O) groups is 7. The number of hydrogen-bond acceptors (Lipinski definition) is 19. The van der Waals surface area contributed by atoms with Crippen molar-refractivity contribution in [3.8, 4) is 0 Å². The first-order valence-corrected chi connectivity index (χ1v) is 51.3. The number of hydroxylamine groups is 8. The topological polar surface area (TPSA) is 330 Å². The average molecular weight is 1880 g/mol. The van der Waals surface area contributed by atoms with Crippen molar-refractivity contribution < 1.29 is 73.2 Å². The van der Waals surface area contributed by atoms with Gasteiger partial charge in [-0.3, -0.25) is 28.8 Å². The number of nitrogens with one attached hydrogen (secondary N) is 6. The van der Waals surface area contributed by atoms with E-state index in [1.165, 1.54) is 20.3 Å².